The summed E-state index contributed by atoms with van der Waals surface area (Å²) in [7, 11) is 0. The molecule has 1 aliphatic rings. The molecule has 2 aromatic carbocycles. The zero-order valence-electron chi connectivity index (χ0n) is 15.8. The molecule has 1 atom stereocenters. The van der Waals surface area contributed by atoms with Gasteiger partial charge in [0.15, 0.2) is 0 Å². The van der Waals surface area contributed by atoms with Gasteiger partial charge in [0.05, 0.1) is 5.56 Å². The number of carboxylic acids is 1. The molecule has 0 saturated heterocycles. The standard InChI is InChI=1S/C23H24O4/c1-15(2)8-7-12-23(3)13-11-17-19(27-23)14-18(16-9-5-4-6-10-16)20(21(17)24)22(25)26/h4-6,8-11,13-14,24H,7,12H2,1-3H3,(H,25,26). The molecule has 4 nitrogen and oxygen atoms in total. The molecule has 3 rings (SSSR count). The highest BCUT2D eigenvalue weighted by atomic mass is 16.5. The Kier molecular flexibility index (Phi) is 5.08. The van der Waals surface area contributed by atoms with Crippen molar-refractivity contribution in [1.29, 1.82) is 0 Å². The van der Waals surface area contributed by atoms with Crippen molar-refractivity contribution in [2.24, 2.45) is 0 Å². The quantitative estimate of drug-likeness (QED) is 0.671. The molecule has 0 amide bonds. The van der Waals surface area contributed by atoms with Crippen LogP contribution in [0.25, 0.3) is 17.2 Å². The average Bonchev–Trinajstić information content (AvgIpc) is 2.61. The van der Waals surface area contributed by atoms with Gasteiger partial charge in [0.1, 0.15) is 22.7 Å². The number of benzene rings is 2. The molecule has 1 unspecified atom stereocenters. The van der Waals surface area contributed by atoms with E-state index in [2.05, 4.69) is 19.9 Å². The molecule has 2 aromatic rings. The normalized spacial score (nSPS) is 17.7. The third kappa shape index (κ3) is 3.90. The molecule has 2 N–H and O–H groups in total. The van der Waals surface area contributed by atoms with Crippen LogP contribution in [0.4, 0.5) is 0 Å². The van der Waals surface area contributed by atoms with E-state index in [0.29, 0.717) is 16.9 Å². The van der Waals surface area contributed by atoms with Crippen LogP contribution >= 0.6 is 0 Å². The van der Waals surface area contributed by atoms with Gasteiger partial charge in [-0.2, -0.15) is 0 Å². The lowest BCUT2D eigenvalue weighted by atomic mass is 9.90. The maximum atomic E-state index is 11.8. The van der Waals surface area contributed by atoms with Gasteiger partial charge in [0.25, 0.3) is 0 Å². The molecule has 27 heavy (non-hydrogen) atoms. The van der Waals surface area contributed by atoms with E-state index >= 15 is 0 Å². The van der Waals surface area contributed by atoms with Crippen LogP contribution in [0.3, 0.4) is 0 Å². The molecular formula is C23H24O4. The van der Waals surface area contributed by atoms with E-state index < -0.39 is 11.6 Å². The van der Waals surface area contributed by atoms with Crippen LogP contribution in [0.15, 0.2) is 54.1 Å². The second-order valence-corrected chi connectivity index (χ2v) is 7.30. The number of carbonyl (C=O) groups is 1. The summed E-state index contributed by atoms with van der Waals surface area (Å²) in [6.07, 6.45) is 7.48. The fourth-order valence-corrected chi connectivity index (χ4v) is 3.29. The number of aromatic carboxylic acids is 1. The number of aromatic hydroxyl groups is 1. The molecule has 4 heteroatoms. The Balaban J connectivity index is 2.06. The SMILES string of the molecule is CC(C)=CCCC1(C)C=Cc2c(cc(-c3ccccc3)c(C(=O)O)c2O)O1. The van der Waals surface area contributed by atoms with E-state index in [0.717, 1.165) is 18.4 Å². The molecule has 1 heterocycles. The number of carboxylic acid groups (broad SMARTS) is 1. The lowest BCUT2D eigenvalue weighted by molar-refractivity contribution is 0.0694. The van der Waals surface area contributed by atoms with Crippen LogP contribution in [0.2, 0.25) is 0 Å². The minimum Gasteiger partial charge on any atom is -0.506 e. The highest BCUT2D eigenvalue weighted by Gasteiger charge is 2.31. The van der Waals surface area contributed by atoms with Gasteiger partial charge in [-0.15, -0.1) is 0 Å². The van der Waals surface area contributed by atoms with Gasteiger partial charge in [-0.25, -0.2) is 4.79 Å². The summed E-state index contributed by atoms with van der Waals surface area (Å²) in [5.74, 6) is -0.931. The number of fused-ring (bicyclic) bond motifs is 1. The van der Waals surface area contributed by atoms with Crippen LogP contribution < -0.4 is 4.74 Å². The summed E-state index contributed by atoms with van der Waals surface area (Å²) < 4.78 is 6.21. The van der Waals surface area contributed by atoms with Crippen molar-refractivity contribution in [3.05, 3.63) is 65.3 Å². The fraction of sp³-hybridized carbons (Fsp3) is 0.261. The molecule has 1 aliphatic heterocycles. The number of phenols is 1. The molecule has 0 aliphatic carbocycles. The van der Waals surface area contributed by atoms with Crippen molar-refractivity contribution in [2.45, 2.75) is 39.2 Å². The fourth-order valence-electron chi connectivity index (χ4n) is 3.29. The predicted molar refractivity (Wildman–Crippen MR) is 107 cm³/mol. The summed E-state index contributed by atoms with van der Waals surface area (Å²) in [6, 6.07) is 10.9. The van der Waals surface area contributed by atoms with Gasteiger partial charge >= 0.3 is 5.97 Å². The largest absolute Gasteiger partial charge is 0.506 e. The smallest absolute Gasteiger partial charge is 0.340 e. The minimum absolute atomic E-state index is 0.110. The summed E-state index contributed by atoms with van der Waals surface area (Å²) in [5, 5.41) is 20.3. The first-order valence-corrected chi connectivity index (χ1v) is 9.01. The van der Waals surface area contributed by atoms with Gasteiger partial charge < -0.3 is 14.9 Å². The molecule has 0 fully saturated rings. The van der Waals surface area contributed by atoms with Crippen molar-refractivity contribution >= 4 is 12.0 Å². The molecule has 140 valence electrons. The summed E-state index contributed by atoms with van der Waals surface area (Å²) in [6.45, 7) is 6.12. The lowest BCUT2D eigenvalue weighted by Crippen LogP contribution is -2.31. The molecule has 0 radical (unpaired) electrons. The Bertz CT molecular complexity index is 921. The summed E-state index contributed by atoms with van der Waals surface area (Å²) in [5.41, 5.74) is 2.21. The number of hydrogen-bond acceptors (Lipinski definition) is 3. The van der Waals surface area contributed by atoms with E-state index in [4.69, 9.17) is 4.74 Å². The molecule has 0 spiro atoms. The van der Waals surface area contributed by atoms with Crippen LogP contribution in [-0.4, -0.2) is 21.8 Å². The van der Waals surface area contributed by atoms with Crippen molar-refractivity contribution < 1.29 is 19.7 Å². The number of hydrogen-bond donors (Lipinski definition) is 2. The van der Waals surface area contributed by atoms with E-state index in [-0.39, 0.29) is 11.3 Å². The number of allylic oxidation sites excluding steroid dienone is 2. The third-order valence-electron chi connectivity index (χ3n) is 4.74. The molecule has 0 saturated carbocycles. The third-order valence-corrected chi connectivity index (χ3v) is 4.74. The van der Waals surface area contributed by atoms with Crippen LogP contribution in [0.5, 0.6) is 11.5 Å². The van der Waals surface area contributed by atoms with Crippen molar-refractivity contribution in [3.8, 4) is 22.6 Å². The number of ether oxygens (including phenoxy) is 1. The zero-order chi connectivity index (χ0) is 19.6. The Labute approximate surface area is 159 Å². The van der Waals surface area contributed by atoms with Gasteiger partial charge in [0.2, 0.25) is 0 Å². The molecule has 0 aromatic heterocycles. The van der Waals surface area contributed by atoms with Crippen LogP contribution in [0.1, 0.15) is 49.5 Å². The summed E-state index contributed by atoms with van der Waals surface area (Å²) in [4.78, 5) is 11.8. The summed E-state index contributed by atoms with van der Waals surface area (Å²) >= 11 is 0. The predicted octanol–water partition coefficient (Wildman–Crippen LogP) is 5.67. The highest BCUT2D eigenvalue weighted by molar-refractivity contribution is 6.01. The van der Waals surface area contributed by atoms with Crippen molar-refractivity contribution in [3.63, 3.8) is 0 Å². The highest BCUT2D eigenvalue weighted by Crippen LogP contribution is 2.44. The molecule has 0 bridgehead atoms. The average molecular weight is 364 g/mol. The van der Waals surface area contributed by atoms with Crippen molar-refractivity contribution in [1.82, 2.24) is 0 Å². The first-order valence-electron chi connectivity index (χ1n) is 9.01. The van der Waals surface area contributed by atoms with Crippen LogP contribution in [-0.2, 0) is 0 Å². The zero-order valence-corrected chi connectivity index (χ0v) is 15.8. The van der Waals surface area contributed by atoms with Gasteiger partial charge in [-0.1, -0.05) is 42.0 Å². The minimum atomic E-state index is -1.17. The second kappa shape index (κ2) is 7.31. The first-order chi connectivity index (χ1) is 12.8. The van der Waals surface area contributed by atoms with Crippen LogP contribution in [0, 0.1) is 0 Å². The van der Waals surface area contributed by atoms with Crippen molar-refractivity contribution in [2.75, 3.05) is 0 Å². The van der Waals surface area contributed by atoms with E-state index in [1.165, 1.54) is 5.57 Å². The molecular weight excluding hydrogens is 340 g/mol. The van der Waals surface area contributed by atoms with E-state index in [1.54, 1.807) is 12.1 Å². The van der Waals surface area contributed by atoms with E-state index in [9.17, 15) is 15.0 Å². The Morgan fingerprint density at radius 2 is 1.93 bits per heavy atom. The number of rotatable bonds is 5. The van der Waals surface area contributed by atoms with Gasteiger partial charge in [-0.3, -0.25) is 0 Å². The van der Waals surface area contributed by atoms with Gasteiger partial charge in [0, 0.05) is 5.56 Å². The monoisotopic (exact) mass is 364 g/mol. The Morgan fingerprint density at radius 1 is 1.22 bits per heavy atom. The topological polar surface area (TPSA) is 66.8 Å². The Morgan fingerprint density at radius 3 is 2.56 bits per heavy atom. The Hall–Kier alpha value is -3.01. The van der Waals surface area contributed by atoms with E-state index in [1.807, 2.05) is 43.3 Å². The first kappa shape index (κ1) is 18.8. The maximum absolute atomic E-state index is 11.8. The lowest BCUT2D eigenvalue weighted by Gasteiger charge is -2.32. The maximum Gasteiger partial charge on any atom is 0.340 e. The second-order valence-electron chi connectivity index (χ2n) is 7.30. The van der Waals surface area contributed by atoms with Gasteiger partial charge in [-0.05, 0) is 57.4 Å².